The summed E-state index contributed by atoms with van der Waals surface area (Å²) in [6.45, 7) is 14.7. The number of aromatic hydroxyl groups is 1. The van der Waals surface area contributed by atoms with Crippen LogP contribution in [0.2, 0.25) is 13.1 Å². The maximum absolute atomic E-state index is 11.0. The van der Waals surface area contributed by atoms with Crippen LogP contribution in [-0.2, 0) is 10.8 Å². The first-order valence-corrected chi connectivity index (χ1v) is 20.8. The summed E-state index contributed by atoms with van der Waals surface area (Å²) in [6.07, 6.45) is 4.94. The molecule has 0 bridgehead atoms. The van der Waals surface area contributed by atoms with Crippen LogP contribution in [0, 0.1) is 6.92 Å². The Morgan fingerprint density at radius 1 is 0.708 bits per heavy atom. The van der Waals surface area contributed by atoms with Crippen LogP contribution in [0.15, 0.2) is 114 Å². The molecule has 1 atom stereocenters. The third kappa shape index (κ3) is 3.87. The molecule has 4 heteroatoms. The number of nitrogens with zero attached hydrogens (tertiary/aromatic N) is 1. The number of hydrogen-bond donors (Lipinski definition) is 1. The molecule has 3 aliphatic heterocycles. The monoisotopic (exact) mass is 641 g/mol. The van der Waals surface area contributed by atoms with E-state index in [1.807, 2.05) is 6.07 Å². The normalized spacial score (nSPS) is 21.1. The molecular formula is C44H44BNOSi. The van der Waals surface area contributed by atoms with E-state index in [9.17, 15) is 5.11 Å². The Hall–Kier alpha value is -4.28. The lowest BCUT2D eigenvalue weighted by Gasteiger charge is -2.49. The number of anilines is 2. The van der Waals surface area contributed by atoms with Gasteiger partial charge in [-0.3, -0.25) is 0 Å². The van der Waals surface area contributed by atoms with Gasteiger partial charge in [0.15, 0.2) is 0 Å². The predicted octanol–water partition coefficient (Wildman–Crippen LogP) is 7.96. The number of phenolic OH excluding ortho intramolecular Hbond substituents is 1. The van der Waals surface area contributed by atoms with Gasteiger partial charge in [-0.25, -0.2) is 0 Å². The van der Waals surface area contributed by atoms with Crippen LogP contribution in [0.5, 0.6) is 5.75 Å². The van der Waals surface area contributed by atoms with Crippen LogP contribution in [0.1, 0.15) is 79.8 Å². The maximum Gasteiger partial charge on any atom is 0.243 e. The van der Waals surface area contributed by atoms with Gasteiger partial charge in [0.2, 0.25) is 6.71 Å². The second-order valence-corrected chi connectivity index (χ2v) is 20.4. The van der Waals surface area contributed by atoms with Crippen LogP contribution in [-0.4, -0.2) is 19.9 Å². The van der Waals surface area contributed by atoms with Crippen molar-refractivity contribution in [3.8, 4) is 5.75 Å². The summed E-state index contributed by atoms with van der Waals surface area (Å²) >= 11 is 0. The first kappa shape index (κ1) is 29.8. The molecule has 4 aliphatic rings. The highest BCUT2D eigenvalue weighted by Crippen LogP contribution is 2.48. The SMILES string of the molecule is Cc1cc2c3c(c1)C(C)(c1ccccc1)c1ccc(O)cc1B3c1ccc(N3C4=C(CCCC4)[Si](C)(C)c4ccccc43)cc1C2(C)C. The second-order valence-electron chi connectivity index (χ2n) is 16.0. The average Bonchev–Trinajstić information content (AvgIpc) is 3.09. The molecule has 9 rings (SSSR count). The van der Waals surface area contributed by atoms with Gasteiger partial charge in [0.05, 0.1) is 0 Å². The Bertz CT molecular complexity index is 2200. The topological polar surface area (TPSA) is 23.5 Å². The maximum atomic E-state index is 11.0. The Morgan fingerprint density at radius 3 is 2.25 bits per heavy atom. The highest BCUT2D eigenvalue weighted by molar-refractivity contribution is 6.98. The zero-order valence-electron chi connectivity index (χ0n) is 29.1. The summed E-state index contributed by atoms with van der Waals surface area (Å²) in [5.41, 5.74) is 15.7. The molecule has 1 aliphatic carbocycles. The molecule has 5 aromatic rings. The molecule has 3 heterocycles. The third-order valence-corrected chi connectivity index (χ3v) is 16.4. The fraction of sp³-hybridized carbons (Fsp3) is 0.273. The van der Waals surface area contributed by atoms with Gasteiger partial charge < -0.3 is 10.0 Å². The second kappa shape index (κ2) is 10.1. The summed E-state index contributed by atoms with van der Waals surface area (Å²) < 4.78 is 0. The third-order valence-electron chi connectivity index (χ3n) is 12.6. The summed E-state index contributed by atoms with van der Waals surface area (Å²) in [6, 6.07) is 38.6. The van der Waals surface area contributed by atoms with Gasteiger partial charge in [-0.15, -0.1) is 0 Å². The average molecular weight is 642 g/mol. The van der Waals surface area contributed by atoms with Crippen molar-refractivity contribution in [2.75, 3.05) is 4.90 Å². The van der Waals surface area contributed by atoms with Crippen molar-refractivity contribution in [1.82, 2.24) is 0 Å². The lowest BCUT2D eigenvalue weighted by atomic mass is 9.27. The van der Waals surface area contributed by atoms with E-state index in [2.05, 4.69) is 143 Å². The highest BCUT2D eigenvalue weighted by atomic mass is 28.3. The predicted molar refractivity (Wildman–Crippen MR) is 206 cm³/mol. The largest absolute Gasteiger partial charge is 0.508 e. The number of benzene rings is 5. The number of para-hydroxylation sites is 1. The Balaban J connectivity index is 1.31. The lowest BCUT2D eigenvalue weighted by Crippen LogP contribution is -2.67. The van der Waals surface area contributed by atoms with E-state index in [1.54, 1.807) is 16.1 Å². The molecule has 0 radical (unpaired) electrons. The standard InChI is InChI=1S/C44H44BNOSi/c1-28-24-34-42-35(25-28)44(4,29-14-8-7-9-15-29)32-22-21-31(47)27-37(32)45(42)36-23-20-30(26-33(36)43(34,2)3)46-38-16-10-12-18-40(38)48(5,6)41-19-13-11-17-39(41)46/h7-10,12,14-16,18,20-27,47H,11,13,17,19H2,1-6H3. The van der Waals surface area contributed by atoms with Crippen LogP contribution < -0.4 is 26.5 Å². The molecule has 0 fully saturated rings. The first-order chi connectivity index (χ1) is 23.0. The number of phenols is 1. The number of fused-ring (bicyclic) bond motifs is 5. The first-order valence-electron chi connectivity index (χ1n) is 17.8. The highest BCUT2D eigenvalue weighted by Gasteiger charge is 2.50. The lowest BCUT2D eigenvalue weighted by molar-refractivity contribution is 0.475. The van der Waals surface area contributed by atoms with Gasteiger partial charge >= 0.3 is 0 Å². The molecule has 0 aromatic heterocycles. The fourth-order valence-electron chi connectivity index (χ4n) is 10.2. The quantitative estimate of drug-likeness (QED) is 0.198. The number of rotatable bonds is 2. The minimum absolute atomic E-state index is 0.0519. The molecule has 0 spiro atoms. The van der Waals surface area contributed by atoms with Crippen molar-refractivity contribution in [2.24, 2.45) is 0 Å². The van der Waals surface area contributed by atoms with E-state index in [4.69, 9.17) is 0 Å². The number of hydrogen-bond acceptors (Lipinski definition) is 2. The van der Waals surface area contributed by atoms with E-state index in [-0.39, 0.29) is 17.5 Å². The Labute approximate surface area is 287 Å². The molecule has 0 saturated heterocycles. The van der Waals surface area contributed by atoms with E-state index >= 15 is 0 Å². The molecular weight excluding hydrogens is 597 g/mol. The Morgan fingerprint density at radius 2 is 1.44 bits per heavy atom. The van der Waals surface area contributed by atoms with Crippen LogP contribution in [0.3, 0.4) is 0 Å². The number of allylic oxidation sites excluding steroid dienone is 2. The molecule has 1 unspecified atom stereocenters. The summed E-state index contributed by atoms with van der Waals surface area (Å²) in [7, 11) is -1.75. The van der Waals surface area contributed by atoms with Crippen molar-refractivity contribution >= 4 is 47.7 Å². The zero-order chi connectivity index (χ0) is 33.2. The van der Waals surface area contributed by atoms with Crippen molar-refractivity contribution in [3.05, 3.63) is 147 Å². The summed E-state index contributed by atoms with van der Waals surface area (Å²) in [4.78, 5) is 2.64. The summed E-state index contributed by atoms with van der Waals surface area (Å²) in [5, 5.41) is 14.3. The van der Waals surface area contributed by atoms with E-state index in [0.717, 1.165) is 6.42 Å². The van der Waals surface area contributed by atoms with Gasteiger partial charge in [0.1, 0.15) is 13.8 Å². The van der Waals surface area contributed by atoms with Crippen molar-refractivity contribution in [3.63, 3.8) is 0 Å². The minimum atomic E-state index is -1.75. The summed E-state index contributed by atoms with van der Waals surface area (Å²) in [5.74, 6) is 0.331. The van der Waals surface area contributed by atoms with E-state index < -0.39 is 8.07 Å². The number of aryl methyl sites for hydroxylation is 1. The molecule has 48 heavy (non-hydrogen) atoms. The van der Waals surface area contributed by atoms with Crippen molar-refractivity contribution in [2.45, 2.75) is 77.3 Å². The zero-order valence-corrected chi connectivity index (χ0v) is 30.1. The molecule has 0 saturated carbocycles. The molecule has 5 aromatic carbocycles. The fourth-order valence-corrected chi connectivity index (χ4v) is 13.7. The van der Waals surface area contributed by atoms with Gasteiger partial charge in [0, 0.05) is 27.9 Å². The molecule has 0 amide bonds. The van der Waals surface area contributed by atoms with Crippen LogP contribution in [0.4, 0.5) is 11.4 Å². The van der Waals surface area contributed by atoms with E-state index in [1.165, 1.54) is 80.4 Å². The molecule has 2 nitrogen and oxygen atoms in total. The van der Waals surface area contributed by atoms with Gasteiger partial charge in [-0.2, -0.15) is 0 Å². The van der Waals surface area contributed by atoms with E-state index in [0.29, 0.717) is 5.75 Å². The van der Waals surface area contributed by atoms with Crippen molar-refractivity contribution in [1.29, 1.82) is 0 Å². The molecule has 1 N–H and O–H groups in total. The van der Waals surface area contributed by atoms with Crippen LogP contribution >= 0.6 is 0 Å². The van der Waals surface area contributed by atoms with Crippen LogP contribution in [0.25, 0.3) is 0 Å². The van der Waals surface area contributed by atoms with Gasteiger partial charge in [-0.1, -0.05) is 127 Å². The molecule has 238 valence electrons. The Kier molecular flexibility index (Phi) is 6.29. The van der Waals surface area contributed by atoms with Crippen molar-refractivity contribution < 1.29 is 5.11 Å². The van der Waals surface area contributed by atoms with Gasteiger partial charge in [0.25, 0.3) is 0 Å². The smallest absolute Gasteiger partial charge is 0.243 e. The minimum Gasteiger partial charge on any atom is -0.508 e. The van der Waals surface area contributed by atoms with Gasteiger partial charge in [-0.05, 0) is 103 Å².